The van der Waals surface area contributed by atoms with E-state index in [1.807, 2.05) is 22.7 Å². The third-order valence-corrected chi connectivity index (χ3v) is 5.89. The first-order chi connectivity index (χ1) is 16.9. The normalized spacial score (nSPS) is 10.8. The number of benzene rings is 2. The molecule has 7 heteroatoms. The van der Waals surface area contributed by atoms with Gasteiger partial charge in [-0.05, 0) is 61.2 Å². The number of carbonyl (C=O) groups is 2. The number of aromatic nitrogens is 2. The van der Waals surface area contributed by atoms with Gasteiger partial charge in [-0.3, -0.25) is 14.0 Å². The molecule has 0 saturated heterocycles. The number of imidazole rings is 1. The lowest BCUT2D eigenvalue weighted by atomic mass is 10.1. The molecule has 2 heterocycles. The summed E-state index contributed by atoms with van der Waals surface area (Å²) in [7, 11) is 2.08. The number of hydrogen-bond acceptors (Lipinski definition) is 4. The van der Waals surface area contributed by atoms with Gasteiger partial charge in [0, 0.05) is 38.1 Å². The second-order valence-corrected chi connectivity index (χ2v) is 8.61. The zero-order valence-electron chi connectivity index (χ0n) is 20.4. The monoisotopic (exact) mass is 469 g/mol. The van der Waals surface area contributed by atoms with E-state index in [2.05, 4.69) is 53.8 Å². The Morgan fingerprint density at radius 1 is 0.943 bits per heavy atom. The predicted octanol–water partition coefficient (Wildman–Crippen LogP) is 5.18. The van der Waals surface area contributed by atoms with Crippen molar-refractivity contribution < 1.29 is 9.59 Å². The van der Waals surface area contributed by atoms with E-state index < -0.39 is 0 Å². The number of aryl methyl sites for hydroxylation is 2. The van der Waals surface area contributed by atoms with Crippen LogP contribution in [-0.4, -0.2) is 34.8 Å². The van der Waals surface area contributed by atoms with Crippen molar-refractivity contribution in [3.05, 3.63) is 89.7 Å². The Bertz CT molecular complexity index is 1310. The molecule has 0 aliphatic rings. The summed E-state index contributed by atoms with van der Waals surface area (Å²) in [4.78, 5) is 31.2. The minimum atomic E-state index is -0.205. The lowest BCUT2D eigenvalue weighted by molar-refractivity contribution is -0.114. The van der Waals surface area contributed by atoms with Gasteiger partial charge in [0.05, 0.1) is 11.3 Å². The summed E-state index contributed by atoms with van der Waals surface area (Å²) in [5, 5.41) is 5.65. The Kier molecular flexibility index (Phi) is 7.45. The topological polar surface area (TPSA) is 78.7 Å². The highest BCUT2D eigenvalue weighted by Crippen LogP contribution is 2.24. The van der Waals surface area contributed by atoms with Crippen molar-refractivity contribution in [1.82, 2.24) is 9.38 Å². The van der Waals surface area contributed by atoms with Crippen molar-refractivity contribution in [3.8, 4) is 0 Å². The molecule has 7 nitrogen and oxygen atoms in total. The third-order valence-electron chi connectivity index (χ3n) is 5.89. The van der Waals surface area contributed by atoms with Crippen LogP contribution in [0.5, 0.6) is 0 Å². The average molecular weight is 470 g/mol. The van der Waals surface area contributed by atoms with Crippen molar-refractivity contribution >= 4 is 34.7 Å². The van der Waals surface area contributed by atoms with Gasteiger partial charge in [0.25, 0.3) is 5.91 Å². The summed E-state index contributed by atoms with van der Waals surface area (Å²) in [6, 6.07) is 21.2. The zero-order valence-corrected chi connectivity index (χ0v) is 20.4. The molecule has 0 spiro atoms. The summed E-state index contributed by atoms with van der Waals surface area (Å²) >= 11 is 0. The summed E-state index contributed by atoms with van der Waals surface area (Å²) in [6.45, 7) is 4.44. The number of carbonyl (C=O) groups excluding carboxylic acids is 2. The molecule has 2 aromatic carbocycles. The Balaban J connectivity index is 1.50. The number of hydrogen-bond donors (Lipinski definition) is 2. The summed E-state index contributed by atoms with van der Waals surface area (Å²) in [5.41, 5.74) is 5.05. The molecule has 0 radical (unpaired) electrons. The van der Waals surface area contributed by atoms with Crippen LogP contribution in [0, 0.1) is 0 Å². The standard InChI is InChI=1S/C28H31N5O2/c1-4-25-28(32(3)18-8-11-21-9-6-5-7-10-21)33-19-22(12-17-26(33)31-25)27(35)30-24-15-13-23(14-16-24)29-20(2)34/h5-7,9-10,12-17,19H,4,8,11,18H2,1-3H3,(H,29,34)(H,30,35). The van der Waals surface area contributed by atoms with Gasteiger partial charge in [-0.15, -0.1) is 0 Å². The molecule has 2 amide bonds. The molecule has 0 saturated carbocycles. The van der Waals surface area contributed by atoms with Crippen LogP contribution in [-0.2, 0) is 17.6 Å². The van der Waals surface area contributed by atoms with Crippen LogP contribution in [0.1, 0.15) is 41.9 Å². The second-order valence-electron chi connectivity index (χ2n) is 8.61. The van der Waals surface area contributed by atoms with Crippen LogP contribution in [0.4, 0.5) is 17.2 Å². The van der Waals surface area contributed by atoms with Gasteiger partial charge in [-0.25, -0.2) is 4.98 Å². The minimum absolute atomic E-state index is 0.136. The highest BCUT2D eigenvalue weighted by atomic mass is 16.2. The number of nitrogens with one attached hydrogen (secondary N) is 2. The molecular formula is C28H31N5O2. The first-order valence-electron chi connectivity index (χ1n) is 11.9. The van der Waals surface area contributed by atoms with E-state index in [0.717, 1.165) is 43.0 Å². The maximum Gasteiger partial charge on any atom is 0.257 e. The van der Waals surface area contributed by atoms with Crippen molar-refractivity contribution in [2.45, 2.75) is 33.1 Å². The molecule has 35 heavy (non-hydrogen) atoms. The number of pyridine rings is 1. The van der Waals surface area contributed by atoms with Crippen molar-refractivity contribution in [1.29, 1.82) is 0 Å². The Labute approximate surface area is 205 Å². The molecule has 0 aliphatic carbocycles. The smallest absolute Gasteiger partial charge is 0.257 e. The summed E-state index contributed by atoms with van der Waals surface area (Å²) in [6.07, 6.45) is 4.69. The highest BCUT2D eigenvalue weighted by molar-refractivity contribution is 6.04. The highest BCUT2D eigenvalue weighted by Gasteiger charge is 2.17. The first-order valence-corrected chi connectivity index (χ1v) is 11.9. The Morgan fingerprint density at radius 2 is 1.63 bits per heavy atom. The molecule has 0 aliphatic heterocycles. The van der Waals surface area contributed by atoms with E-state index in [1.54, 1.807) is 30.3 Å². The second kappa shape index (κ2) is 10.9. The van der Waals surface area contributed by atoms with E-state index in [-0.39, 0.29) is 11.8 Å². The SMILES string of the molecule is CCc1nc2ccc(C(=O)Nc3ccc(NC(C)=O)cc3)cn2c1N(C)CCCc1ccccc1. The summed E-state index contributed by atoms with van der Waals surface area (Å²) < 4.78 is 2.01. The van der Waals surface area contributed by atoms with E-state index in [4.69, 9.17) is 4.98 Å². The fourth-order valence-corrected chi connectivity index (χ4v) is 4.17. The fraction of sp³-hybridized carbons (Fsp3) is 0.250. The van der Waals surface area contributed by atoms with E-state index in [9.17, 15) is 9.59 Å². The van der Waals surface area contributed by atoms with Gasteiger partial charge < -0.3 is 15.5 Å². The molecule has 0 unspecified atom stereocenters. The predicted molar refractivity (Wildman–Crippen MR) is 141 cm³/mol. The van der Waals surface area contributed by atoms with Gasteiger partial charge in [-0.1, -0.05) is 37.3 Å². The minimum Gasteiger partial charge on any atom is -0.359 e. The first kappa shape index (κ1) is 24.0. The lowest BCUT2D eigenvalue weighted by Crippen LogP contribution is -2.22. The van der Waals surface area contributed by atoms with E-state index in [0.29, 0.717) is 16.9 Å². The van der Waals surface area contributed by atoms with Crippen LogP contribution < -0.4 is 15.5 Å². The van der Waals surface area contributed by atoms with Crippen molar-refractivity contribution in [3.63, 3.8) is 0 Å². The zero-order chi connectivity index (χ0) is 24.8. The molecule has 4 rings (SSSR count). The molecule has 2 aromatic heterocycles. The van der Waals surface area contributed by atoms with E-state index >= 15 is 0 Å². The molecule has 0 atom stereocenters. The van der Waals surface area contributed by atoms with Gasteiger partial charge >= 0.3 is 0 Å². The lowest BCUT2D eigenvalue weighted by Gasteiger charge is -2.20. The van der Waals surface area contributed by atoms with Gasteiger partial charge in [0.15, 0.2) is 0 Å². The Morgan fingerprint density at radius 3 is 2.29 bits per heavy atom. The van der Waals surface area contributed by atoms with Crippen LogP contribution in [0.25, 0.3) is 5.65 Å². The Hall–Kier alpha value is -4.13. The molecule has 4 aromatic rings. The molecule has 2 N–H and O–H groups in total. The molecular weight excluding hydrogens is 438 g/mol. The van der Waals surface area contributed by atoms with Crippen LogP contribution in [0.2, 0.25) is 0 Å². The quantitative estimate of drug-likeness (QED) is 0.354. The van der Waals surface area contributed by atoms with Gasteiger partial charge in [0.2, 0.25) is 5.91 Å². The van der Waals surface area contributed by atoms with Crippen LogP contribution in [0.3, 0.4) is 0 Å². The van der Waals surface area contributed by atoms with Crippen molar-refractivity contribution in [2.75, 3.05) is 29.1 Å². The molecule has 0 bridgehead atoms. The molecule has 180 valence electrons. The summed E-state index contributed by atoms with van der Waals surface area (Å²) in [5.74, 6) is 0.677. The van der Waals surface area contributed by atoms with Gasteiger partial charge in [0.1, 0.15) is 11.5 Å². The average Bonchev–Trinajstić information content (AvgIpc) is 3.23. The number of fused-ring (bicyclic) bond motifs is 1. The third kappa shape index (κ3) is 5.87. The largest absolute Gasteiger partial charge is 0.359 e. The maximum atomic E-state index is 13.0. The number of rotatable bonds is 9. The molecule has 0 fully saturated rings. The van der Waals surface area contributed by atoms with Crippen molar-refractivity contribution in [2.24, 2.45) is 0 Å². The van der Waals surface area contributed by atoms with Crippen LogP contribution >= 0.6 is 0 Å². The number of amides is 2. The van der Waals surface area contributed by atoms with Gasteiger partial charge in [-0.2, -0.15) is 0 Å². The van der Waals surface area contributed by atoms with Crippen LogP contribution in [0.15, 0.2) is 72.9 Å². The maximum absolute atomic E-state index is 13.0. The van der Waals surface area contributed by atoms with E-state index in [1.165, 1.54) is 12.5 Å². The fourth-order valence-electron chi connectivity index (χ4n) is 4.17. The number of anilines is 3. The number of nitrogens with zero attached hydrogens (tertiary/aromatic N) is 3.